The van der Waals surface area contributed by atoms with Crippen LogP contribution in [0.2, 0.25) is 0 Å². The first-order chi connectivity index (χ1) is 16.5. The van der Waals surface area contributed by atoms with Crippen LogP contribution in [-0.2, 0) is 11.3 Å². The van der Waals surface area contributed by atoms with E-state index in [-0.39, 0.29) is 22.4 Å². The maximum Gasteiger partial charge on any atom is 0.270 e. The molecule has 3 aromatic carbocycles. The van der Waals surface area contributed by atoms with E-state index in [9.17, 15) is 14.9 Å². The number of carbonyl (C=O) groups is 1. The molecule has 0 bridgehead atoms. The first kappa shape index (κ1) is 23.2. The second-order valence-electron chi connectivity index (χ2n) is 8.39. The molecule has 174 valence electrons. The third kappa shape index (κ3) is 4.86. The van der Waals surface area contributed by atoms with E-state index in [1.807, 2.05) is 73.3 Å². The molecule has 0 fully saturated rings. The number of rotatable bonds is 9. The third-order valence-corrected chi connectivity index (χ3v) is 6.37. The number of carbonyl (C=O) groups excluding carboxylic acids is 1. The fourth-order valence-electron chi connectivity index (χ4n) is 4.59. The van der Waals surface area contributed by atoms with Gasteiger partial charge in [-0.25, -0.2) is 0 Å². The van der Waals surface area contributed by atoms with E-state index in [4.69, 9.17) is 0 Å². The summed E-state index contributed by atoms with van der Waals surface area (Å²) in [6.45, 7) is 5.90. The van der Waals surface area contributed by atoms with Gasteiger partial charge in [-0.15, -0.1) is 0 Å². The SMILES string of the molecule is CCN(CC)C(=O)C[C@H](c1ccccc1)c1cn(Cc2ccccc2)c2ccc([N+](=O)[O-])cc12. The van der Waals surface area contributed by atoms with E-state index in [2.05, 4.69) is 22.9 Å². The summed E-state index contributed by atoms with van der Waals surface area (Å²) in [5.41, 5.74) is 4.06. The number of hydrogen-bond donors (Lipinski definition) is 0. The minimum absolute atomic E-state index is 0.0492. The van der Waals surface area contributed by atoms with Crippen molar-refractivity contribution < 1.29 is 9.72 Å². The molecule has 0 radical (unpaired) electrons. The van der Waals surface area contributed by atoms with Gasteiger partial charge < -0.3 is 9.47 Å². The maximum atomic E-state index is 13.2. The van der Waals surface area contributed by atoms with Gasteiger partial charge in [-0.2, -0.15) is 0 Å². The van der Waals surface area contributed by atoms with Crippen LogP contribution in [0.15, 0.2) is 85.1 Å². The van der Waals surface area contributed by atoms with Gasteiger partial charge in [0, 0.05) is 61.2 Å². The summed E-state index contributed by atoms with van der Waals surface area (Å²) in [6.07, 6.45) is 2.37. The highest BCUT2D eigenvalue weighted by Gasteiger charge is 2.25. The van der Waals surface area contributed by atoms with Gasteiger partial charge in [-0.05, 0) is 36.6 Å². The molecule has 1 aromatic heterocycles. The van der Waals surface area contributed by atoms with Crippen molar-refractivity contribution in [2.45, 2.75) is 32.7 Å². The van der Waals surface area contributed by atoms with Gasteiger partial charge >= 0.3 is 0 Å². The van der Waals surface area contributed by atoms with E-state index < -0.39 is 0 Å². The van der Waals surface area contributed by atoms with Crippen molar-refractivity contribution in [2.24, 2.45) is 0 Å². The lowest BCUT2D eigenvalue weighted by Gasteiger charge is -2.23. The van der Waals surface area contributed by atoms with Crippen molar-refractivity contribution >= 4 is 22.5 Å². The van der Waals surface area contributed by atoms with Crippen molar-refractivity contribution in [3.05, 3.63) is 112 Å². The summed E-state index contributed by atoms with van der Waals surface area (Å²) < 4.78 is 2.13. The van der Waals surface area contributed by atoms with E-state index in [1.54, 1.807) is 12.1 Å². The van der Waals surface area contributed by atoms with Gasteiger partial charge in [0.05, 0.1) is 4.92 Å². The lowest BCUT2D eigenvalue weighted by atomic mass is 9.87. The third-order valence-electron chi connectivity index (χ3n) is 6.37. The number of fused-ring (bicyclic) bond motifs is 1. The van der Waals surface area contributed by atoms with E-state index in [0.29, 0.717) is 26.1 Å². The van der Waals surface area contributed by atoms with Gasteiger partial charge in [-0.3, -0.25) is 14.9 Å². The van der Waals surface area contributed by atoms with Crippen molar-refractivity contribution in [1.29, 1.82) is 0 Å². The zero-order valence-electron chi connectivity index (χ0n) is 19.6. The lowest BCUT2D eigenvalue weighted by molar-refractivity contribution is -0.384. The molecular formula is C28H29N3O3. The molecule has 6 heteroatoms. The molecule has 0 saturated carbocycles. The molecule has 0 unspecified atom stereocenters. The average molecular weight is 456 g/mol. The molecule has 6 nitrogen and oxygen atoms in total. The molecule has 0 aliphatic rings. The van der Waals surface area contributed by atoms with Crippen LogP contribution >= 0.6 is 0 Å². The van der Waals surface area contributed by atoms with Crippen molar-refractivity contribution in [1.82, 2.24) is 9.47 Å². The Morgan fingerprint density at radius 1 is 0.971 bits per heavy atom. The largest absolute Gasteiger partial charge is 0.343 e. The molecule has 0 spiro atoms. The number of nitrogens with zero attached hydrogens (tertiary/aromatic N) is 3. The summed E-state index contributed by atoms with van der Waals surface area (Å²) in [4.78, 5) is 26.2. The minimum Gasteiger partial charge on any atom is -0.343 e. The quantitative estimate of drug-likeness (QED) is 0.230. The molecule has 0 aliphatic heterocycles. The van der Waals surface area contributed by atoms with E-state index in [1.165, 1.54) is 0 Å². The second kappa shape index (κ2) is 10.3. The predicted octanol–water partition coefficient (Wildman–Crippen LogP) is 5.99. The summed E-state index contributed by atoms with van der Waals surface area (Å²) >= 11 is 0. The highest BCUT2D eigenvalue weighted by atomic mass is 16.6. The maximum absolute atomic E-state index is 13.2. The predicted molar refractivity (Wildman–Crippen MR) is 135 cm³/mol. The van der Waals surface area contributed by atoms with Gasteiger partial charge in [0.25, 0.3) is 5.69 Å². The Hall–Kier alpha value is -3.93. The molecule has 4 rings (SSSR count). The molecule has 1 heterocycles. The van der Waals surface area contributed by atoms with E-state index in [0.717, 1.165) is 27.6 Å². The minimum atomic E-state index is -0.365. The van der Waals surface area contributed by atoms with Gasteiger partial charge in [-0.1, -0.05) is 60.7 Å². The highest BCUT2D eigenvalue weighted by Crippen LogP contribution is 2.37. The van der Waals surface area contributed by atoms with Crippen LogP contribution in [0.1, 0.15) is 42.9 Å². The van der Waals surface area contributed by atoms with E-state index >= 15 is 0 Å². The monoisotopic (exact) mass is 455 g/mol. The molecule has 1 amide bonds. The number of hydrogen-bond acceptors (Lipinski definition) is 3. The molecule has 0 N–H and O–H groups in total. The Labute approximate surface area is 199 Å². The molecule has 0 aliphatic carbocycles. The Morgan fingerprint density at radius 2 is 1.62 bits per heavy atom. The Balaban J connectivity index is 1.87. The first-order valence-electron chi connectivity index (χ1n) is 11.7. The smallest absolute Gasteiger partial charge is 0.270 e. The molecular weight excluding hydrogens is 426 g/mol. The van der Waals surface area contributed by atoms with Crippen LogP contribution in [0, 0.1) is 10.1 Å². The Kier molecular flexibility index (Phi) is 7.07. The van der Waals surface area contributed by atoms with Gasteiger partial charge in [0.15, 0.2) is 0 Å². The average Bonchev–Trinajstić information content (AvgIpc) is 3.21. The standard InChI is InChI=1S/C28H29N3O3/c1-3-29(4-2)28(32)18-24(22-13-9-6-10-14-22)26-20-30(19-21-11-7-5-8-12-21)27-16-15-23(31(33)34)17-25(26)27/h5-17,20,24H,3-4,18-19H2,1-2H3/t24-/m1/s1. The number of benzene rings is 3. The first-order valence-corrected chi connectivity index (χ1v) is 11.7. The zero-order chi connectivity index (χ0) is 24.1. The fraction of sp³-hybridized carbons (Fsp3) is 0.250. The molecule has 0 saturated heterocycles. The summed E-state index contributed by atoms with van der Waals surface area (Å²) in [5.74, 6) is -0.135. The lowest BCUT2D eigenvalue weighted by Crippen LogP contribution is -2.31. The summed E-state index contributed by atoms with van der Waals surface area (Å²) in [7, 11) is 0. The Morgan fingerprint density at radius 3 is 2.24 bits per heavy atom. The second-order valence-corrected chi connectivity index (χ2v) is 8.39. The number of nitro groups is 1. The van der Waals surface area contributed by atoms with Crippen molar-refractivity contribution in [2.75, 3.05) is 13.1 Å². The van der Waals surface area contributed by atoms with Crippen LogP contribution in [0.4, 0.5) is 5.69 Å². The number of non-ortho nitro benzene ring substituents is 1. The highest BCUT2D eigenvalue weighted by molar-refractivity contribution is 5.88. The summed E-state index contributed by atoms with van der Waals surface area (Å²) in [6, 6.07) is 25.1. The number of nitro benzene ring substituents is 1. The van der Waals surface area contributed by atoms with Crippen LogP contribution in [0.5, 0.6) is 0 Å². The molecule has 4 aromatic rings. The summed E-state index contributed by atoms with van der Waals surface area (Å²) in [5, 5.41) is 12.4. The normalized spacial score (nSPS) is 11.9. The van der Waals surface area contributed by atoms with Crippen LogP contribution in [0.3, 0.4) is 0 Å². The fourth-order valence-corrected chi connectivity index (χ4v) is 4.59. The van der Waals surface area contributed by atoms with Crippen LogP contribution in [0.25, 0.3) is 10.9 Å². The topological polar surface area (TPSA) is 68.4 Å². The number of amides is 1. The van der Waals surface area contributed by atoms with Crippen molar-refractivity contribution in [3.8, 4) is 0 Å². The zero-order valence-corrected chi connectivity index (χ0v) is 19.6. The van der Waals surface area contributed by atoms with Crippen LogP contribution < -0.4 is 0 Å². The Bertz CT molecular complexity index is 1280. The van der Waals surface area contributed by atoms with Crippen LogP contribution in [-0.4, -0.2) is 33.4 Å². The van der Waals surface area contributed by atoms with Gasteiger partial charge in [0.2, 0.25) is 5.91 Å². The molecule has 34 heavy (non-hydrogen) atoms. The van der Waals surface area contributed by atoms with Crippen molar-refractivity contribution in [3.63, 3.8) is 0 Å². The number of aromatic nitrogens is 1. The van der Waals surface area contributed by atoms with Gasteiger partial charge in [0.1, 0.15) is 0 Å². The molecule has 1 atom stereocenters.